The minimum absolute atomic E-state index is 0.178. The van der Waals surface area contributed by atoms with Gasteiger partial charge >= 0.3 is 0 Å². The third kappa shape index (κ3) is 2.30. The molecule has 2 fully saturated rings. The van der Waals surface area contributed by atoms with Gasteiger partial charge in [0, 0.05) is 37.4 Å². The maximum Gasteiger partial charge on any atom is 0.252 e. The van der Waals surface area contributed by atoms with Crippen molar-refractivity contribution in [2.45, 2.75) is 19.3 Å². The third-order valence-electron chi connectivity index (χ3n) is 5.21. The Morgan fingerprint density at radius 1 is 1.33 bits per heavy atom. The number of hydrogen-bond donors (Lipinski definition) is 4. The quantitative estimate of drug-likeness (QED) is 0.658. The Hall–Kier alpha value is -2.61. The summed E-state index contributed by atoms with van der Waals surface area (Å²) in [7, 11) is 0. The molecule has 0 bridgehead atoms. The molecule has 2 aromatic rings. The van der Waals surface area contributed by atoms with Crippen molar-refractivity contribution in [2.24, 2.45) is 11.1 Å². The fourth-order valence-corrected chi connectivity index (χ4v) is 3.71. The number of nitrogens with zero attached hydrogens (tertiary/aromatic N) is 2. The van der Waals surface area contributed by atoms with Crippen LogP contribution >= 0.6 is 0 Å². The number of primary amides is 1. The Morgan fingerprint density at radius 3 is 2.79 bits per heavy atom. The van der Waals surface area contributed by atoms with Crippen molar-refractivity contribution < 1.29 is 9.59 Å². The number of carbonyl (C=O) groups excluding carboxylic acids is 2. The molecule has 2 saturated heterocycles. The van der Waals surface area contributed by atoms with Crippen LogP contribution in [0.3, 0.4) is 0 Å². The fraction of sp³-hybridized carbons (Fsp3) is 0.438. The number of nitrogens with two attached hydrogens (primary N) is 1. The van der Waals surface area contributed by atoms with Gasteiger partial charge < -0.3 is 21.5 Å². The Morgan fingerprint density at radius 2 is 2.12 bits per heavy atom. The van der Waals surface area contributed by atoms with Crippen LogP contribution < -0.4 is 16.5 Å². The molecule has 4 rings (SSSR count). The zero-order chi connectivity index (χ0) is 16.7. The van der Waals surface area contributed by atoms with E-state index in [9.17, 15) is 9.59 Å². The normalized spacial score (nSPS) is 20.4. The lowest BCUT2D eigenvalue weighted by Crippen LogP contribution is -2.46. The van der Waals surface area contributed by atoms with E-state index >= 15 is 0 Å². The number of hydrogen-bond acceptors (Lipinski definition) is 5. The van der Waals surface area contributed by atoms with E-state index in [1.165, 1.54) is 6.20 Å². The van der Waals surface area contributed by atoms with E-state index in [0.29, 0.717) is 16.9 Å². The van der Waals surface area contributed by atoms with E-state index in [1.807, 2.05) is 11.1 Å². The van der Waals surface area contributed by atoms with Crippen LogP contribution in [0.1, 0.15) is 29.6 Å². The van der Waals surface area contributed by atoms with Gasteiger partial charge in [-0.05, 0) is 25.3 Å². The fourth-order valence-electron chi connectivity index (χ4n) is 3.71. The van der Waals surface area contributed by atoms with E-state index in [1.54, 1.807) is 6.20 Å². The summed E-state index contributed by atoms with van der Waals surface area (Å²) < 4.78 is 0. The number of carbonyl (C=O) groups is 2. The second-order valence-corrected chi connectivity index (χ2v) is 6.54. The summed E-state index contributed by atoms with van der Waals surface area (Å²) in [5.74, 6) is -0.339. The molecule has 126 valence electrons. The van der Waals surface area contributed by atoms with Crippen molar-refractivity contribution in [3.63, 3.8) is 0 Å². The number of piperidine rings is 1. The number of pyridine rings is 1. The molecular weight excluding hydrogens is 308 g/mol. The summed E-state index contributed by atoms with van der Waals surface area (Å²) in [6.45, 7) is 2.24. The smallest absolute Gasteiger partial charge is 0.252 e. The molecule has 2 amide bonds. The number of hydrazine groups is 1. The Labute approximate surface area is 138 Å². The zero-order valence-electron chi connectivity index (χ0n) is 13.3. The standard InChI is InChI=1S/C16H20N6O2/c17-13(23)11-9-20-14-10(1-5-18-14)12(11)21-22-7-3-16(4-8-22)2-6-19-15(16)24/h1,5,9H,2-4,6-8H2,(H2,17,23)(H,19,24)(H2,18,20,21). The lowest BCUT2D eigenvalue weighted by atomic mass is 9.77. The SMILES string of the molecule is NC(=O)c1cnc2[nH]ccc2c1NN1CCC2(CCNC2=O)CC1. The van der Waals surface area contributed by atoms with E-state index in [0.717, 1.165) is 44.3 Å². The van der Waals surface area contributed by atoms with Gasteiger partial charge in [-0.1, -0.05) is 0 Å². The molecule has 2 aliphatic rings. The highest BCUT2D eigenvalue weighted by molar-refractivity contribution is 6.05. The van der Waals surface area contributed by atoms with Crippen LogP contribution in [0.2, 0.25) is 0 Å². The van der Waals surface area contributed by atoms with Gasteiger partial charge in [-0.3, -0.25) is 9.59 Å². The van der Waals surface area contributed by atoms with Crippen LogP contribution in [0.15, 0.2) is 18.5 Å². The van der Waals surface area contributed by atoms with E-state index < -0.39 is 5.91 Å². The van der Waals surface area contributed by atoms with Gasteiger partial charge in [-0.2, -0.15) is 0 Å². The molecule has 2 aliphatic heterocycles. The lowest BCUT2D eigenvalue weighted by molar-refractivity contribution is -0.129. The van der Waals surface area contributed by atoms with Crippen molar-refractivity contribution in [3.8, 4) is 0 Å². The molecule has 1 spiro atoms. The van der Waals surface area contributed by atoms with Crippen LogP contribution in [0, 0.1) is 5.41 Å². The van der Waals surface area contributed by atoms with Crippen molar-refractivity contribution in [1.29, 1.82) is 0 Å². The van der Waals surface area contributed by atoms with E-state index in [2.05, 4.69) is 20.7 Å². The number of nitrogens with one attached hydrogen (secondary N) is 3. The molecule has 8 nitrogen and oxygen atoms in total. The molecule has 0 unspecified atom stereocenters. The zero-order valence-corrected chi connectivity index (χ0v) is 13.3. The maximum atomic E-state index is 12.1. The van der Waals surface area contributed by atoms with Gasteiger partial charge in [0.2, 0.25) is 5.91 Å². The van der Waals surface area contributed by atoms with Gasteiger partial charge in [0.05, 0.1) is 16.7 Å². The summed E-state index contributed by atoms with van der Waals surface area (Å²) in [5, 5.41) is 5.81. The van der Waals surface area contributed by atoms with Crippen molar-refractivity contribution in [1.82, 2.24) is 20.3 Å². The Kier molecular flexibility index (Phi) is 3.42. The summed E-state index contributed by atoms with van der Waals surface area (Å²) in [4.78, 5) is 31.1. The molecule has 0 radical (unpaired) electrons. The molecule has 24 heavy (non-hydrogen) atoms. The van der Waals surface area contributed by atoms with Gasteiger partial charge in [0.1, 0.15) is 5.65 Å². The highest BCUT2D eigenvalue weighted by Gasteiger charge is 2.44. The van der Waals surface area contributed by atoms with E-state index in [4.69, 9.17) is 5.73 Å². The molecule has 0 aromatic carbocycles. The second-order valence-electron chi connectivity index (χ2n) is 6.54. The van der Waals surface area contributed by atoms with Crippen LogP contribution in [-0.4, -0.2) is 46.4 Å². The van der Waals surface area contributed by atoms with Gasteiger partial charge in [-0.25, -0.2) is 9.99 Å². The number of rotatable bonds is 3. The number of aromatic amines is 1. The summed E-state index contributed by atoms with van der Waals surface area (Å²) >= 11 is 0. The molecule has 0 saturated carbocycles. The van der Waals surface area contributed by atoms with Crippen molar-refractivity contribution in [3.05, 3.63) is 24.0 Å². The molecular formula is C16H20N6O2. The van der Waals surface area contributed by atoms with Crippen LogP contribution in [0.5, 0.6) is 0 Å². The third-order valence-corrected chi connectivity index (χ3v) is 5.21. The first-order chi connectivity index (χ1) is 11.6. The molecule has 5 N–H and O–H groups in total. The summed E-state index contributed by atoms with van der Waals surface area (Å²) in [6, 6.07) is 1.87. The highest BCUT2D eigenvalue weighted by atomic mass is 16.2. The highest BCUT2D eigenvalue weighted by Crippen LogP contribution is 2.38. The molecule has 4 heterocycles. The van der Waals surface area contributed by atoms with Crippen LogP contribution in [-0.2, 0) is 4.79 Å². The number of anilines is 1. The summed E-state index contributed by atoms with van der Waals surface area (Å²) in [6.07, 6.45) is 5.78. The van der Waals surface area contributed by atoms with Crippen LogP contribution in [0.25, 0.3) is 11.0 Å². The average molecular weight is 328 g/mol. The predicted molar refractivity (Wildman–Crippen MR) is 89.1 cm³/mol. The first-order valence-corrected chi connectivity index (χ1v) is 8.15. The Balaban J connectivity index is 1.57. The van der Waals surface area contributed by atoms with Gasteiger partial charge in [0.25, 0.3) is 5.91 Å². The van der Waals surface area contributed by atoms with E-state index in [-0.39, 0.29) is 11.3 Å². The minimum atomic E-state index is -0.517. The summed E-state index contributed by atoms with van der Waals surface area (Å²) in [5.41, 5.74) is 10.3. The second kappa shape index (κ2) is 5.48. The first kappa shape index (κ1) is 14.9. The lowest BCUT2D eigenvalue weighted by Gasteiger charge is -2.37. The Bertz CT molecular complexity index is 806. The molecule has 0 aliphatic carbocycles. The van der Waals surface area contributed by atoms with Crippen molar-refractivity contribution in [2.75, 3.05) is 25.1 Å². The number of amides is 2. The maximum absolute atomic E-state index is 12.1. The largest absolute Gasteiger partial charge is 0.365 e. The monoisotopic (exact) mass is 328 g/mol. The molecule has 8 heteroatoms. The number of aromatic nitrogens is 2. The average Bonchev–Trinajstić information content (AvgIpc) is 3.17. The van der Waals surface area contributed by atoms with Gasteiger partial charge in [-0.15, -0.1) is 0 Å². The minimum Gasteiger partial charge on any atom is -0.365 e. The predicted octanol–water partition coefficient (Wildman–Crippen LogP) is 0.591. The topological polar surface area (TPSA) is 116 Å². The first-order valence-electron chi connectivity index (χ1n) is 8.15. The van der Waals surface area contributed by atoms with Crippen molar-refractivity contribution >= 4 is 28.5 Å². The molecule has 0 atom stereocenters. The van der Waals surface area contributed by atoms with Gasteiger partial charge in [0.15, 0.2) is 0 Å². The number of H-pyrrole nitrogens is 1. The van der Waals surface area contributed by atoms with Crippen LogP contribution in [0.4, 0.5) is 5.69 Å². The number of fused-ring (bicyclic) bond motifs is 1. The molecule has 2 aromatic heterocycles.